The van der Waals surface area contributed by atoms with Crippen LogP contribution in [0.4, 0.5) is 5.13 Å². The summed E-state index contributed by atoms with van der Waals surface area (Å²) in [6, 6.07) is 7.64. The molecule has 1 N–H and O–H groups in total. The Bertz CT molecular complexity index is 631. The summed E-state index contributed by atoms with van der Waals surface area (Å²) < 4.78 is 0. The lowest BCUT2D eigenvalue weighted by Crippen LogP contribution is -2.13. The van der Waals surface area contributed by atoms with Gasteiger partial charge in [-0.05, 0) is 44.6 Å². The summed E-state index contributed by atoms with van der Waals surface area (Å²) in [4.78, 5) is 14.3. The average molecular weight is 302 g/mol. The summed E-state index contributed by atoms with van der Waals surface area (Å²) in [5, 5.41) is 12.6. The van der Waals surface area contributed by atoms with E-state index >= 15 is 0 Å². The van der Waals surface area contributed by atoms with Crippen LogP contribution in [0.2, 0.25) is 0 Å². The van der Waals surface area contributed by atoms with Gasteiger partial charge in [-0.25, -0.2) is 0 Å². The number of nitrogens with one attached hydrogen (secondary N) is 1. The molecule has 1 aromatic heterocycles. The molecule has 1 aromatic carbocycles. The zero-order valence-electron chi connectivity index (χ0n) is 12.2. The summed E-state index contributed by atoms with van der Waals surface area (Å²) in [6.07, 6.45) is 2.38. The maximum Gasteiger partial charge on any atom is 0.257 e. The van der Waals surface area contributed by atoms with E-state index in [1.54, 1.807) is 0 Å². The summed E-state index contributed by atoms with van der Waals surface area (Å²) in [7, 11) is 4.04. The zero-order valence-corrected chi connectivity index (χ0v) is 13.0. The zero-order chi connectivity index (χ0) is 14.8. The second kappa shape index (κ2) is 5.91. The predicted octanol–water partition coefficient (Wildman–Crippen LogP) is 2.73. The van der Waals surface area contributed by atoms with E-state index < -0.39 is 0 Å². The maximum atomic E-state index is 12.2. The number of rotatable bonds is 5. The summed E-state index contributed by atoms with van der Waals surface area (Å²) in [5.41, 5.74) is 1.82. The van der Waals surface area contributed by atoms with E-state index in [1.807, 2.05) is 38.4 Å². The van der Waals surface area contributed by atoms with Crippen LogP contribution in [-0.2, 0) is 6.54 Å². The van der Waals surface area contributed by atoms with Crippen LogP contribution in [0, 0.1) is 0 Å². The molecule has 1 heterocycles. The molecule has 2 aromatic rings. The number of aromatic nitrogens is 2. The molecule has 0 saturated heterocycles. The van der Waals surface area contributed by atoms with Gasteiger partial charge in [0.05, 0.1) is 0 Å². The first-order valence-electron chi connectivity index (χ1n) is 7.00. The van der Waals surface area contributed by atoms with Crippen LogP contribution < -0.4 is 5.32 Å². The molecule has 0 radical (unpaired) electrons. The van der Waals surface area contributed by atoms with Crippen LogP contribution in [0.25, 0.3) is 0 Å². The summed E-state index contributed by atoms with van der Waals surface area (Å²) in [5.74, 6) is 0.434. The lowest BCUT2D eigenvalue weighted by Gasteiger charge is -2.09. The Balaban J connectivity index is 1.63. The molecule has 0 spiro atoms. The van der Waals surface area contributed by atoms with Crippen LogP contribution >= 0.6 is 11.3 Å². The molecule has 5 nitrogen and oxygen atoms in total. The molecule has 0 atom stereocenters. The predicted molar refractivity (Wildman–Crippen MR) is 83.7 cm³/mol. The number of anilines is 1. The van der Waals surface area contributed by atoms with Crippen LogP contribution in [0.15, 0.2) is 24.3 Å². The Labute approximate surface area is 128 Å². The SMILES string of the molecule is CN(C)Cc1ccc(C(=O)Nc2nnc(C3CC3)s2)cc1. The molecular formula is C15H18N4OS. The Morgan fingerprint density at radius 3 is 2.62 bits per heavy atom. The van der Waals surface area contributed by atoms with E-state index in [1.165, 1.54) is 29.7 Å². The first-order chi connectivity index (χ1) is 10.1. The summed E-state index contributed by atoms with van der Waals surface area (Å²) >= 11 is 1.48. The van der Waals surface area contributed by atoms with E-state index in [-0.39, 0.29) is 5.91 Å². The van der Waals surface area contributed by atoms with Gasteiger partial charge in [0, 0.05) is 18.0 Å². The van der Waals surface area contributed by atoms with Crippen molar-refractivity contribution in [2.24, 2.45) is 0 Å². The summed E-state index contributed by atoms with van der Waals surface area (Å²) in [6.45, 7) is 0.864. The second-order valence-electron chi connectivity index (χ2n) is 5.61. The minimum Gasteiger partial charge on any atom is -0.305 e. The molecule has 1 saturated carbocycles. The highest BCUT2D eigenvalue weighted by molar-refractivity contribution is 7.15. The lowest BCUT2D eigenvalue weighted by atomic mass is 10.1. The standard InChI is InChI=1S/C15H18N4OS/c1-19(2)9-10-3-5-11(6-4-10)13(20)16-15-18-17-14(21-15)12-7-8-12/h3-6,12H,7-9H2,1-2H3,(H,16,18,20). The third-order valence-corrected chi connectivity index (χ3v) is 4.30. The number of nitrogens with zero attached hydrogens (tertiary/aromatic N) is 3. The quantitative estimate of drug-likeness (QED) is 0.922. The molecule has 1 aliphatic carbocycles. The fourth-order valence-electron chi connectivity index (χ4n) is 2.08. The van der Waals surface area contributed by atoms with Gasteiger partial charge < -0.3 is 4.90 Å². The van der Waals surface area contributed by atoms with Crippen molar-refractivity contribution in [3.63, 3.8) is 0 Å². The van der Waals surface area contributed by atoms with Gasteiger partial charge >= 0.3 is 0 Å². The van der Waals surface area contributed by atoms with Crippen molar-refractivity contribution < 1.29 is 4.79 Å². The Kier molecular flexibility index (Phi) is 3.98. The van der Waals surface area contributed by atoms with Gasteiger partial charge in [0.15, 0.2) is 0 Å². The smallest absolute Gasteiger partial charge is 0.257 e. The second-order valence-corrected chi connectivity index (χ2v) is 6.62. The highest BCUT2D eigenvalue weighted by Crippen LogP contribution is 2.42. The first kappa shape index (κ1) is 14.2. The fourth-order valence-corrected chi connectivity index (χ4v) is 2.98. The van der Waals surface area contributed by atoms with Crippen LogP contribution in [0.5, 0.6) is 0 Å². The molecule has 3 rings (SSSR count). The maximum absolute atomic E-state index is 12.2. The van der Waals surface area contributed by atoms with Crippen molar-refractivity contribution in [1.82, 2.24) is 15.1 Å². The molecule has 0 bridgehead atoms. The Morgan fingerprint density at radius 1 is 1.29 bits per heavy atom. The number of carbonyl (C=O) groups is 1. The third-order valence-electron chi connectivity index (χ3n) is 3.30. The van der Waals surface area contributed by atoms with Crippen molar-refractivity contribution in [3.05, 3.63) is 40.4 Å². The first-order valence-corrected chi connectivity index (χ1v) is 7.82. The topological polar surface area (TPSA) is 58.1 Å². The van der Waals surface area contributed by atoms with E-state index in [9.17, 15) is 4.79 Å². The van der Waals surface area contributed by atoms with Crippen molar-refractivity contribution >= 4 is 22.4 Å². The van der Waals surface area contributed by atoms with Gasteiger partial charge in [-0.1, -0.05) is 23.5 Å². The number of benzene rings is 1. The number of hydrogen-bond donors (Lipinski definition) is 1. The highest BCUT2D eigenvalue weighted by Gasteiger charge is 2.27. The molecule has 1 aliphatic rings. The normalized spacial score (nSPS) is 14.4. The van der Waals surface area contributed by atoms with Gasteiger partial charge in [0.1, 0.15) is 5.01 Å². The molecule has 110 valence electrons. The number of carbonyl (C=O) groups excluding carboxylic acids is 1. The van der Waals surface area contributed by atoms with Crippen LogP contribution in [0.1, 0.15) is 39.7 Å². The Hall–Kier alpha value is -1.79. The van der Waals surface area contributed by atoms with Gasteiger partial charge in [-0.2, -0.15) is 0 Å². The largest absolute Gasteiger partial charge is 0.305 e. The molecule has 0 unspecified atom stereocenters. The van der Waals surface area contributed by atoms with E-state index in [2.05, 4.69) is 20.4 Å². The Morgan fingerprint density at radius 2 is 2.00 bits per heavy atom. The molecule has 0 aliphatic heterocycles. The number of hydrogen-bond acceptors (Lipinski definition) is 5. The average Bonchev–Trinajstić information content (AvgIpc) is 3.20. The lowest BCUT2D eigenvalue weighted by molar-refractivity contribution is 0.102. The molecule has 1 fully saturated rings. The molecule has 1 amide bonds. The van der Waals surface area contributed by atoms with Crippen molar-refractivity contribution in [2.45, 2.75) is 25.3 Å². The van der Waals surface area contributed by atoms with Crippen LogP contribution in [-0.4, -0.2) is 35.1 Å². The van der Waals surface area contributed by atoms with Crippen molar-refractivity contribution in [3.8, 4) is 0 Å². The minimum absolute atomic E-state index is 0.134. The minimum atomic E-state index is -0.134. The third kappa shape index (κ3) is 3.65. The van der Waals surface area contributed by atoms with Crippen molar-refractivity contribution in [1.29, 1.82) is 0 Å². The highest BCUT2D eigenvalue weighted by atomic mass is 32.1. The fraction of sp³-hybridized carbons (Fsp3) is 0.400. The number of amides is 1. The van der Waals surface area contributed by atoms with Crippen molar-refractivity contribution in [2.75, 3.05) is 19.4 Å². The van der Waals surface area contributed by atoms with Gasteiger partial charge in [-0.3, -0.25) is 10.1 Å². The molecule has 21 heavy (non-hydrogen) atoms. The van der Waals surface area contributed by atoms with Crippen LogP contribution in [0.3, 0.4) is 0 Å². The van der Waals surface area contributed by atoms with Gasteiger partial charge in [0.2, 0.25) is 5.13 Å². The monoisotopic (exact) mass is 302 g/mol. The van der Waals surface area contributed by atoms with Gasteiger partial charge in [0.25, 0.3) is 5.91 Å². The van der Waals surface area contributed by atoms with E-state index in [4.69, 9.17) is 0 Å². The molecule has 6 heteroatoms. The van der Waals surface area contributed by atoms with Gasteiger partial charge in [-0.15, -0.1) is 10.2 Å². The van der Waals surface area contributed by atoms with E-state index in [0.29, 0.717) is 16.6 Å². The van der Waals surface area contributed by atoms with E-state index in [0.717, 1.165) is 11.6 Å². The molecular weight excluding hydrogens is 284 g/mol.